The Labute approximate surface area is 172 Å². The molecule has 6 nitrogen and oxygen atoms in total. The second-order valence-corrected chi connectivity index (χ2v) is 10.2. The van der Waals surface area contributed by atoms with Gasteiger partial charge in [0, 0.05) is 37.1 Å². The maximum atomic E-state index is 13.1. The van der Waals surface area contributed by atoms with Gasteiger partial charge in [-0.25, -0.2) is 8.42 Å². The molecular weight excluding hydrogens is 388 g/mol. The van der Waals surface area contributed by atoms with E-state index >= 15 is 0 Å². The molecule has 0 radical (unpaired) electrons. The Balaban J connectivity index is 1.66. The topological polar surface area (TPSA) is 70.8 Å². The number of carbonyl (C=O) groups excluding carboxylic acids is 1. The van der Waals surface area contributed by atoms with Gasteiger partial charge in [0.15, 0.2) is 5.76 Å². The van der Waals surface area contributed by atoms with Crippen LogP contribution >= 0.6 is 0 Å². The summed E-state index contributed by atoms with van der Waals surface area (Å²) in [6.45, 7) is 4.50. The van der Waals surface area contributed by atoms with Crippen molar-refractivity contribution in [3.8, 4) is 0 Å². The Morgan fingerprint density at radius 3 is 2.10 bits per heavy atom. The van der Waals surface area contributed by atoms with Crippen LogP contribution in [0.4, 0.5) is 0 Å². The van der Waals surface area contributed by atoms with Crippen LogP contribution in [0.25, 0.3) is 11.0 Å². The number of sulfonamides is 1. The third kappa shape index (κ3) is 4.08. The molecule has 0 spiro atoms. The molecule has 0 bridgehead atoms. The summed E-state index contributed by atoms with van der Waals surface area (Å²) in [6, 6.07) is 4.96. The molecule has 0 atom stereocenters. The Morgan fingerprint density at radius 2 is 1.48 bits per heavy atom. The smallest absolute Gasteiger partial charge is 0.289 e. The Kier molecular flexibility index (Phi) is 5.97. The van der Waals surface area contributed by atoms with E-state index in [9.17, 15) is 13.2 Å². The molecule has 2 saturated heterocycles. The number of nitrogens with zero attached hydrogens (tertiary/aromatic N) is 2. The quantitative estimate of drug-likeness (QED) is 0.744. The lowest BCUT2D eigenvalue weighted by Gasteiger charge is -2.19. The second-order valence-electron chi connectivity index (χ2n) is 8.24. The van der Waals surface area contributed by atoms with Crippen LogP contribution in [0.5, 0.6) is 0 Å². The number of amides is 1. The minimum atomic E-state index is -3.53. The largest absolute Gasteiger partial charge is 0.451 e. The summed E-state index contributed by atoms with van der Waals surface area (Å²) in [6.07, 6.45) is 8.30. The monoisotopic (exact) mass is 418 g/mol. The first kappa shape index (κ1) is 20.4. The van der Waals surface area contributed by atoms with Crippen LogP contribution in [0, 0.1) is 6.92 Å². The summed E-state index contributed by atoms with van der Waals surface area (Å²) >= 11 is 0. The van der Waals surface area contributed by atoms with Crippen molar-refractivity contribution < 1.29 is 17.6 Å². The predicted molar refractivity (Wildman–Crippen MR) is 113 cm³/mol. The molecule has 0 unspecified atom stereocenters. The van der Waals surface area contributed by atoms with Crippen LogP contribution in [0.15, 0.2) is 27.5 Å². The molecule has 2 aliphatic rings. The van der Waals surface area contributed by atoms with Gasteiger partial charge in [0.05, 0.1) is 4.90 Å². The first-order chi connectivity index (χ1) is 14.0. The lowest BCUT2D eigenvalue weighted by molar-refractivity contribution is 0.0731. The number of likely N-dealkylation sites (tertiary alicyclic amines) is 1. The number of fused-ring (bicyclic) bond motifs is 1. The van der Waals surface area contributed by atoms with Gasteiger partial charge in [0.25, 0.3) is 5.91 Å². The van der Waals surface area contributed by atoms with Crippen LogP contribution in [0.3, 0.4) is 0 Å². The zero-order valence-electron chi connectivity index (χ0n) is 17.2. The standard InChI is InChI=1S/C22H30N2O4S/c1-17-19-16-18(29(26,27)24-14-8-4-5-9-15-24)10-11-20(19)28-21(17)22(25)23-12-6-2-3-7-13-23/h10-11,16H,2-9,12-15H2,1H3. The van der Waals surface area contributed by atoms with Crippen LogP contribution in [0.1, 0.15) is 67.5 Å². The third-order valence-corrected chi connectivity index (χ3v) is 8.09. The highest BCUT2D eigenvalue weighted by molar-refractivity contribution is 7.89. The van der Waals surface area contributed by atoms with E-state index in [-0.39, 0.29) is 10.8 Å². The van der Waals surface area contributed by atoms with Gasteiger partial charge in [-0.05, 0) is 50.8 Å². The maximum absolute atomic E-state index is 13.1. The molecule has 0 aliphatic carbocycles. The average Bonchev–Trinajstić information content (AvgIpc) is 2.99. The molecular formula is C22H30N2O4S. The van der Waals surface area contributed by atoms with E-state index in [0.717, 1.165) is 70.0 Å². The van der Waals surface area contributed by atoms with Crippen molar-refractivity contribution in [3.63, 3.8) is 0 Å². The minimum Gasteiger partial charge on any atom is -0.451 e. The SMILES string of the molecule is Cc1c(C(=O)N2CCCCCC2)oc2ccc(S(=O)(=O)N3CCCCCC3)cc12. The number of hydrogen-bond acceptors (Lipinski definition) is 4. The zero-order valence-corrected chi connectivity index (χ0v) is 18.0. The van der Waals surface area contributed by atoms with Crippen LogP contribution in [-0.4, -0.2) is 49.7 Å². The van der Waals surface area contributed by atoms with Crippen LogP contribution < -0.4 is 0 Å². The number of hydrogen-bond donors (Lipinski definition) is 0. The number of rotatable bonds is 3. The lowest BCUT2D eigenvalue weighted by Crippen LogP contribution is -2.32. The first-order valence-corrected chi connectivity index (χ1v) is 12.2. The molecule has 1 amide bonds. The zero-order chi connectivity index (χ0) is 20.4. The highest BCUT2D eigenvalue weighted by Gasteiger charge is 2.28. The van der Waals surface area contributed by atoms with Crippen molar-refractivity contribution in [1.29, 1.82) is 0 Å². The summed E-state index contributed by atoms with van der Waals surface area (Å²) in [5.41, 5.74) is 1.29. The van der Waals surface area contributed by atoms with Crippen LogP contribution in [-0.2, 0) is 10.0 Å². The third-order valence-electron chi connectivity index (χ3n) is 6.20. The number of furan rings is 1. The van der Waals surface area contributed by atoms with Crippen molar-refractivity contribution in [1.82, 2.24) is 9.21 Å². The molecule has 0 saturated carbocycles. The number of benzene rings is 1. The van der Waals surface area contributed by atoms with E-state index in [1.807, 2.05) is 11.8 Å². The molecule has 158 valence electrons. The Morgan fingerprint density at radius 1 is 0.897 bits per heavy atom. The van der Waals surface area contributed by atoms with Crippen molar-refractivity contribution in [2.75, 3.05) is 26.2 Å². The fourth-order valence-electron chi connectivity index (χ4n) is 4.41. The Bertz CT molecular complexity index is 980. The molecule has 1 aromatic carbocycles. The molecule has 0 N–H and O–H groups in total. The second kappa shape index (κ2) is 8.48. The molecule has 2 fully saturated rings. The highest BCUT2D eigenvalue weighted by Crippen LogP contribution is 2.30. The van der Waals surface area contributed by atoms with Gasteiger partial charge in [0.2, 0.25) is 10.0 Å². The lowest BCUT2D eigenvalue weighted by atomic mass is 10.1. The summed E-state index contributed by atoms with van der Waals surface area (Å²) in [4.78, 5) is 15.2. The van der Waals surface area contributed by atoms with E-state index in [1.165, 1.54) is 0 Å². The van der Waals surface area contributed by atoms with Crippen molar-refractivity contribution in [2.45, 2.75) is 63.2 Å². The minimum absolute atomic E-state index is 0.0856. The molecule has 3 heterocycles. The van der Waals surface area contributed by atoms with Gasteiger partial charge in [-0.1, -0.05) is 25.7 Å². The summed E-state index contributed by atoms with van der Waals surface area (Å²) in [7, 11) is -3.53. The van der Waals surface area contributed by atoms with Gasteiger partial charge in [-0.15, -0.1) is 0 Å². The van der Waals surface area contributed by atoms with Crippen LogP contribution in [0.2, 0.25) is 0 Å². The average molecular weight is 419 g/mol. The van der Waals surface area contributed by atoms with Gasteiger partial charge >= 0.3 is 0 Å². The molecule has 2 aromatic rings. The molecule has 7 heteroatoms. The van der Waals surface area contributed by atoms with E-state index in [4.69, 9.17) is 4.42 Å². The molecule has 4 rings (SSSR count). The normalized spacial score (nSPS) is 19.8. The van der Waals surface area contributed by atoms with E-state index in [0.29, 0.717) is 29.8 Å². The number of aryl methyl sites for hydroxylation is 1. The van der Waals surface area contributed by atoms with E-state index < -0.39 is 10.0 Å². The molecule has 29 heavy (non-hydrogen) atoms. The van der Waals surface area contributed by atoms with E-state index in [2.05, 4.69) is 0 Å². The summed E-state index contributed by atoms with van der Waals surface area (Å²) in [5.74, 6) is 0.253. The summed E-state index contributed by atoms with van der Waals surface area (Å²) in [5, 5.41) is 0.707. The van der Waals surface area contributed by atoms with Gasteiger partial charge in [-0.2, -0.15) is 4.31 Å². The van der Waals surface area contributed by atoms with Gasteiger partial charge < -0.3 is 9.32 Å². The van der Waals surface area contributed by atoms with Crippen molar-refractivity contribution in [3.05, 3.63) is 29.5 Å². The molecule has 1 aromatic heterocycles. The highest BCUT2D eigenvalue weighted by atomic mass is 32.2. The molecule has 2 aliphatic heterocycles. The fourth-order valence-corrected chi connectivity index (χ4v) is 5.96. The Hall–Kier alpha value is -1.86. The first-order valence-electron chi connectivity index (χ1n) is 10.8. The maximum Gasteiger partial charge on any atom is 0.289 e. The van der Waals surface area contributed by atoms with E-state index in [1.54, 1.807) is 22.5 Å². The van der Waals surface area contributed by atoms with Gasteiger partial charge in [0.1, 0.15) is 5.58 Å². The fraction of sp³-hybridized carbons (Fsp3) is 0.591. The number of carbonyl (C=O) groups is 1. The summed E-state index contributed by atoms with van der Waals surface area (Å²) < 4.78 is 33.8. The van der Waals surface area contributed by atoms with Gasteiger partial charge in [-0.3, -0.25) is 4.79 Å². The predicted octanol–water partition coefficient (Wildman–Crippen LogP) is 4.32. The van der Waals surface area contributed by atoms with Crippen molar-refractivity contribution >= 4 is 26.9 Å². The van der Waals surface area contributed by atoms with Crippen molar-refractivity contribution in [2.24, 2.45) is 0 Å².